The van der Waals surface area contributed by atoms with E-state index in [4.69, 9.17) is 10.8 Å². The van der Waals surface area contributed by atoms with E-state index in [9.17, 15) is 4.79 Å². The van der Waals surface area contributed by atoms with E-state index in [1.165, 1.54) is 0 Å². The molecule has 0 aliphatic heterocycles. The van der Waals surface area contributed by atoms with Gasteiger partial charge in [-0.15, -0.1) is 0 Å². The summed E-state index contributed by atoms with van der Waals surface area (Å²) in [6.07, 6.45) is 0.979. The second-order valence-corrected chi connectivity index (χ2v) is 2.66. The molecule has 66 valence electrons. The van der Waals surface area contributed by atoms with Gasteiger partial charge in [0.1, 0.15) is 6.04 Å². The van der Waals surface area contributed by atoms with Crippen LogP contribution >= 0.6 is 0 Å². The Labute approximate surface area is 66.8 Å². The molecule has 0 amide bonds. The SMILES string of the molecule is CCC(C)NCC(N)C(=O)O. The van der Waals surface area contributed by atoms with Crippen LogP contribution in [0.15, 0.2) is 0 Å². The van der Waals surface area contributed by atoms with Crippen LogP contribution in [0.5, 0.6) is 0 Å². The van der Waals surface area contributed by atoms with Crippen LogP contribution in [0.2, 0.25) is 0 Å². The first kappa shape index (κ1) is 10.4. The number of nitrogens with one attached hydrogen (secondary N) is 1. The van der Waals surface area contributed by atoms with Crippen LogP contribution in [0.25, 0.3) is 0 Å². The summed E-state index contributed by atoms with van der Waals surface area (Å²) in [7, 11) is 0. The number of hydrogen-bond donors (Lipinski definition) is 3. The van der Waals surface area contributed by atoms with Crippen molar-refractivity contribution in [2.24, 2.45) is 5.73 Å². The third-order valence-corrected chi connectivity index (χ3v) is 1.62. The fourth-order valence-corrected chi connectivity index (χ4v) is 0.560. The average molecular weight is 160 g/mol. The highest BCUT2D eigenvalue weighted by Gasteiger charge is 2.10. The minimum Gasteiger partial charge on any atom is -0.480 e. The Hall–Kier alpha value is -0.610. The molecule has 0 bridgehead atoms. The van der Waals surface area contributed by atoms with Gasteiger partial charge in [-0.25, -0.2) is 0 Å². The van der Waals surface area contributed by atoms with Crippen molar-refractivity contribution in [1.29, 1.82) is 0 Å². The van der Waals surface area contributed by atoms with Crippen LogP contribution in [-0.2, 0) is 4.79 Å². The number of carboxylic acids is 1. The average Bonchev–Trinajstić information content (AvgIpc) is 1.99. The van der Waals surface area contributed by atoms with Crippen molar-refractivity contribution in [3.05, 3.63) is 0 Å². The lowest BCUT2D eigenvalue weighted by molar-refractivity contribution is -0.138. The molecule has 0 aromatic heterocycles. The zero-order valence-electron chi connectivity index (χ0n) is 7.00. The van der Waals surface area contributed by atoms with E-state index < -0.39 is 12.0 Å². The summed E-state index contributed by atoms with van der Waals surface area (Å²) in [5.41, 5.74) is 5.26. The molecule has 0 spiro atoms. The highest BCUT2D eigenvalue weighted by molar-refractivity contribution is 5.73. The largest absolute Gasteiger partial charge is 0.480 e. The van der Waals surface area contributed by atoms with E-state index in [1.54, 1.807) is 0 Å². The predicted molar refractivity (Wildman–Crippen MR) is 43.4 cm³/mol. The molecule has 2 atom stereocenters. The quantitative estimate of drug-likeness (QED) is 0.520. The topological polar surface area (TPSA) is 75.3 Å². The summed E-state index contributed by atoms with van der Waals surface area (Å²) in [5.74, 6) is -0.958. The summed E-state index contributed by atoms with van der Waals surface area (Å²) in [6.45, 7) is 4.36. The number of hydrogen-bond acceptors (Lipinski definition) is 3. The van der Waals surface area contributed by atoms with E-state index in [0.29, 0.717) is 12.6 Å². The van der Waals surface area contributed by atoms with Crippen molar-refractivity contribution in [2.45, 2.75) is 32.4 Å². The summed E-state index contributed by atoms with van der Waals surface area (Å²) < 4.78 is 0. The molecule has 0 aliphatic rings. The van der Waals surface area contributed by atoms with E-state index in [1.807, 2.05) is 13.8 Å². The molecule has 11 heavy (non-hydrogen) atoms. The first-order chi connectivity index (χ1) is 5.07. The number of rotatable bonds is 5. The lowest BCUT2D eigenvalue weighted by Gasteiger charge is -2.12. The van der Waals surface area contributed by atoms with Crippen LogP contribution in [0.3, 0.4) is 0 Å². The van der Waals surface area contributed by atoms with Crippen molar-refractivity contribution in [1.82, 2.24) is 5.32 Å². The summed E-state index contributed by atoms with van der Waals surface area (Å²) in [6, 6.07) is -0.454. The van der Waals surface area contributed by atoms with Crippen molar-refractivity contribution >= 4 is 5.97 Å². The molecule has 0 aromatic carbocycles. The van der Waals surface area contributed by atoms with Gasteiger partial charge in [-0.1, -0.05) is 6.92 Å². The molecular formula is C7H16N2O2. The van der Waals surface area contributed by atoms with Gasteiger partial charge in [-0.2, -0.15) is 0 Å². The molecular weight excluding hydrogens is 144 g/mol. The predicted octanol–water partition coefficient (Wildman–Crippen LogP) is -0.214. The molecule has 4 nitrogen and oxygen atoms in total. The smallest absolute Gasteiger partial charge is 0.321 e. The van der Waals surface area contributed by atoms with Gasteiger partial charge >= 0.3 is 5.97 Å². The van der Waals surface area contributed by atoms with Crippen LogP contribution in [0.1, 0.15) is 20.3 Å². The van der Waals surface area contributed by atoms with Gasteiger partial charge in [-0.05, 0) is 13.3 Å². The summed E-state index contributed by atoms with van der Waals surface area (Å²) in [4.78, 5) is 10.2. The Bertz CT molecular complexity index is 128. The van der Waals surface area contributed by atoms with Crippen LogP contribution in [-0.4, -0.2) is 29.7 Å². The maximum absolute atomic E-state index is 10.2. The van der Waals surface area contributed by atoms with Crippen LogP contribution in [0, 0.1) is 0 Å². The minimum atomic E-state index is -0.958. The molecule has 0 rings (SSSR count). The maximum Gasteiger partial charge on any atom is 0.321 e. The van der Waals surface area contributed by atoms with Gasteiger partial charge in [-0.3, -0.25) is 4.79 Å². The second kappa shape index (κ2) is 5.09. The molecule has 0 heterocycles. The highest BCUT2D eigenvalue weighted by Crippen LogP contribution is 1.87. The van der Waals surface area contributed by atoms with Crippen LogP contribution in [0.4, 0.5) is 0 Å². The molecule has 0 saturated carbocycles. The molecule has 0 radical (unpaired) electrons. The molecule has 0 saturated heterocycles. The lowest BCUT2D eigenvalue weighted by Crippen LogP contribution is -2.43. The van der Waals surface area contributed by atoms with Gasteiger partial charge in [0.2, 0.25) is 0 Å². The Morgan fingerprint density at radius 3 is 2.64 bits per heavy atom. The number of carbonyl (C=O) groups is 1. The van der Waals surface area contributed by atoms with Gasteiger partial charge < -0.3 is 16.2 Å². The first-order valence-electron chi connectivity index (χ1n) is 3.79. The van der Waals surface area contributed by atoms with Crippen molar-refractivity contribution in [3.8, 4) is 0 Å². The van der Waals surface area contributed by atoms with Crippen molar-refractivity contribution in [2.75, 3.05) is 6.54 Å². The Balaban J connectivity index is 3.45. The summed E-state index contributed by atoms with van der Waals surface area (Å²) >= 11 is 0. The standard InChI is InChI=1S/C7H16N2O2/c1-3-5(2)9-4-6(8)7(10)11/h5-6,9H,3-4,8H2,1-2H3,(H,10,11). The zero-order valence-corrected chi connectivity index (χ0v) is 7.00. The van der Waals surface area contributed by atoms with Gasteiger partial charge in [0.25, 0.3) is 0 Å². The Kier molecular flexibility index (Phi) is 4.81. The van der Waals surface area contributed by atoms with Gasteiger partial charge in [0, 0.05) is 12.6 Å². The third kappa shape index (κ3) is 4.75. The monoisotopic (exact) mass is 160 g/mol. The number of nitrogens with two attached hydrogens (primary N) is 1. The molecule has 0 aliphatic carbocycles. The Morgan fingerprint density at radius 2 is 2.27 bits per heavy atom. The third-order valence-electron chi connectivity index (χ3n) is 1.62. The molecule has 0 fully saturated rings. The second-order valence-electron chi connectivity index (χ2n) is 2.66. The zero-order chi connectivity index (χ0) is 8.85. The van der Waals surface area contributed by atoms with E-state index >= 15 is 0 Å². The van der Waals surface area contributed by atoms with Crippen molar-refractivity contribution in [3.63, 3.8) is 0 Å². The molecule has 4 heteroatoms. The number of carboxylic acid groups (broad SMARTS) is 1. The van der Waals surface area contributed by atoms with Gasteiger partial charge in [0.05, 0.1) is 0 Å². The van der Waals surface area contributed by atoms with Crippen molar-refractivity contribution < 1.29 is 9.90 Å². The van der Waals surface area contributed by atoms with Gasteiger partial charge in [0.15, 0.2) is 0 Å². The van der Waals surface area contributed by atoms with E-state index in [2.05, 4.69) is 5.32 Å². The molecule has 2 unspecified atom stereocenters. The first-order valence-corrected chi connectivity index (χ1v) is 3.79. The highest BCUT2D eigenvalue weighted by atomic mass is 16.4. The number of aliphatic carboxylic acids is 1. The van der Waals surface area contributed by atoms with E-state index in [0.717, 1.165) is 6.42 Å². The lowest BCUT2D eigenvalue weighted by atomic mass is 10.2. The fourth-order valence-electron chi connectivity index (χ4n) is 0.560. The maximum atomic E-state index is 10.2. The van der Waals surface area contributed by atoms with Crippen LogP contribution < -0.4 is 11.1 Å². The molecule has 4 N–H and O–H groups in total. The molecule has 0 aromatic rings. The van der Waals surface area contributed by atoms with E-state index in [-0.39, 0.29) is 0 Å². The fraction of sp³-hybridized carbons (Fsp3) is 0.857. The Morgan fingerprint density at radius 1 is 1.73 bits per heavy atom. The minimum absolute atomic E-state index is 0.334. The summed E-state index contributed by atoms with van der Waals surface area (Å²) in [5, 5.41) is 11.4. The normalized spacial score (nSPS) is 15.9.